The summed E-state index contributed by atoms with van der Waals surface area (Å²) >= 11 is 0. The molecule has 0 atom stereocenters. The third kappa shape index (κ3) is 2.30. The number of nitrogens with zero attached hydrogens (tertiary/aromatic N) is 1. The van der Waals surface area contributed by atoms with Gasteiger partial charge in [-0.15, -0.1) is 0 Å². The maximum absolute atomic E-state index is 11.0. The highest BCUT2D eigenvalue weighted by Gasteiger charge is 2.12. The molecular weight excluding hydrogens is 189 g/mol. The van der Waals surface area contributed by atoms with Crippen LogP contribution in [0.4, 0.5) is 5.69 Å². The van der Waals surface area contributed by atoms with Gasteiger partial charge in [-0.05, 0) is 6.07 Å². The largest absolute Gasteiger partial charge is 0.571 e. The van der Waals surface area contributed by atoms with Crippen LogP contribution in [-0.2, 0) is 4.65 Å². The number of carbonyl (C=O) groups is 1. The molecule has 6 nitrogen and oxygen atoms in total. The maximum Gasteiger partial charge on any atom is 0.571 e. The van der Waals surface area contributed by atoms with E-state index in [-0.39, 0.29) is 18.9 Å². The fourth-order valence-electron chi connectivity index (χ4n) is 0.862. The summed E-state index contributed by atoms with van der Waals surface area (Å²) in [6, 6.07) is 5.01. The number of hydrogen-bond acceptors (Lipinski definition) is 5. The van der Waals surface area contributed by atoms with Crippen molar-refractivity contribution in [3.8, 4) is 0 Å². The first-order valence-corrected chi connectivity index (χ1v) is 3.56. The zero-order valence-electron chi connectivity index (χ0n) is 6.91. The second-order valence-corrected chi connectivity index (χ2v) is 2.32. The van der Waals surface area contributed by atoms with Gasteiger partial charge in [0.15, 0.2) is 0 Å². The quantitative estimate of drug-likeness (QED) is 0.423. The molecule has 1 aromatic rings. The van der Waals surface area contributed by atoms with Gasteiger partial charge < -0.3 is 9.68 Å². The molecule has 0 aromatic heterocycles. The zero-order valence-corrected chi connectivity index (χ0v) is 6.91. The van der Waals surface area contributed by atoms with Gasteiger partial charge in [0.25, 0.3) is 5.69 Å². The Balaban J connectivity index is 2.93. The Kier molecular flexibility index (Phi) is 3.19. The van der Waals surface area contributed by atoms with Crippen molar-refractivity contribution in [2.75, 3.05) is 0 Å². The first kappa shape index (κ1) is 10.2. The Morgan fingerprint density at radius 2 is 2.29 bits per heavy atom. The first-order valence-electron chi connectivity index (χ1n) is 3.56. The average Bonchev–Trinajstić information content (AvgIpc) is 2.18. The number of benzene rings is 1. The lowest BCUT2D eigenvalue weighted by molar-refractivity contribution is -0.384. The molecule has 0 saturated heterocycles. The topological polar surface area (TPSA) is 89.7 Å². The number of hydrogen-bond donors (Lipinski definition) is 1. The lowest BCUT2D eigenvalue weighted by Gasteiger charge is -1.99. The Labute approximate surface area is 79.6 Å². The summed E-state index contributed by atoms with van der Waals surface area (Å²) in [6.07, 6.45) is 0. The van der Waals surface area contributed by atoms with E-state index in [0.717, 1.165) is 6.07 Å². The molecule has 0 amide bonds. The van der Waals surface area contributed by atoms with Crippen LogP contribution in [0.1, 0.15) is 10.4 Å². The van der Waals surface area contributed by atoms with Crippen LogP contribution in [0.15, 0.2) is 24.3 Å². The third-order valence-electron chi connectivity index (χ3n) is 1.45. The first-order chi connectivity index (χ1) is 6.65. The molecule has 0 aliphatic carbocycles. The summed E-state index contributed by atoms with van der Waals surface area (Å²) < 4.78 is 4.13. The molecule has 0 spiro atoms. The smallest absolute Gasteiger partial charge is 0.507 e. The van der Waals surface area contributed by atoms with E-state index in [9.17, 15) is 14.9 Å². The molecular formula is C7H5BNO5. The third-order valence-corrected chi connectivity index (χ3v) is 1.45. The Hall–Kier alpha value is -1.89. The molecule has 0 bridgehead atoms. The molecule has 1 radical (unpaired) electrons. The van der Waals surface area contributed by atoms with Gasteiger partial charge >= 0.3 is 13.7 Å². The molecule has 71 valence electrons. The lowest BCUT2D eigenvalue weighted by atomic mass is 10.2. The van der Waals surface area contributed by atoms with Crippen LogP contribution in [0, 0.1) is 10.1 Å². The molecule has 0 heterocycles. The number of rotatable bonds is 3. The number of nitro groups is 1. The van der Waals surface area contributed by atoms with Crippen molar-refractivity contribution < 1.29 is 19.4 Å². The molecule has 0 fully saturated rings. The SMILES string of the molecule is O=C(O[B]O)c1cccc([N+](=O)[O-])c1. The summed E-state index contributed by atoms with van der Waals surface area (Å²) in [4.78, 5) is 20.7. The van der Waals surface area contributed by atoms with Crippen LogP contribution in [-0.4, -0.2) is 23.6 Å². The van der Waals surface area contributed by atoms with Crippen LogP contribution in [0.2, 0.25) is 0 Å². The fraction of sp³-hybridized carbons (Fsp3) is 0. The molecule has 1 rings (SSSR count). The molecule has 1 aromatic carbocycles. The summed E-state index contributed by atoms with van der Waals surface area (Å²) in [5.74, 6) is -0.851. The normalized spacial score (nSPS) is 9.21. The predicted molar refractivity (Wildman–Crippen MR) is 46.5 cm³/mol. The van der Waals surface area contributed by atoms with Gasteiger partial charge in [-0.25, -0.2) is 4.79 Å². The fourth-order valence-corrected chi connectivity index (χ4v) is 0.862. The average molecular weight is 194 g/mol. The van der Waals surface area contributed by atoms with E-state index in [2.05, 4.69) is 4.65 Å². The summed E-state index contributed by atoms with van der Waals surface area (Å²) in [6.45, 7) is 0. The van der Waals surface area contributed by atoms with Crippen LogP contribution >= 0.6 is 0 Å². The van der Waals surface area contributed by atoms with E-state index < -0.39 is 10.9 Å². The van der Waals surface area contributed by atoms with E-state index in [1.807, 2.05) is 0 Å². The van der Waals surface area contributed by atoms with E-state index in [4.69, 9.17) is 5.02 Å². The number of nitro benzene ring substituents is 1. The minimum Gasteiger partial charge on any atom is -0.507 e. The molecule has 0 aliphatic heterocycles. The minimum atomic E-state index is -0.851. The highest BCUT2D eigenvalue weighted by molar-refractivity contribution is 6.22. The lowest BCUT2D eigenvalue weighted by Crippen LogP contribution is -2.08. The van der Waals surface area contributed by atoms with Crippen molar-refractivity contribution in [1.82, 2.24) is 0 Å². The van der Waals surface area contributed by atoms with Crippen LogP contribution in [0.5, 0.6) is 0 Å². The molecule has 14 heavy (non-hydrogen) atoms. The number of carbonyl (C=O) groups excluding carboxylic acids is 1. The molecule has 0 aliphatic rings. The van der Waals surface area contributed by atoms with Gasteiger partial charge in [0.1, 0.15) is 0 Å². The van der Waals surface area contributed by atoms with Gasteiger partial charge in [0, 0.05) is 12.1 Å². The van der Waals surface area contributed by atoms with Crippen molar-refractivity contribution in [3.05, 3.63) is 39.9 Å². The highest BCUT2D eigenvalue weighted by Crippen LogP contribution is 2.13. The van der Waals surface area contributed by atoms with Crippen molar-refractivity contribution >= 4 is 19.3 Å². The molecule has 0 unspecified atom stereocenters. The molecule has 7 heteroatoms. The van der Waals surface area contributed by atoms with Gasteiger partial charge in [0.05, 0.1) is 10.5 Å². The van der Waals surface area contributed by atoms with Gasteiger partial charge in [-0.2, -0.15) is 0 Å². The number of non-ortho nitro benzene ring substituents is 1. The summed E-state index contributed by atoms with van der Waals surface area (Å²) in [5.41, 5.74) is -0.207. The molecule has 1 N–H and O–H groups in total. The van der Waals surface area contributed by atoms with E-state index in [0.29, 0.717) is 0 Å². The standard InChI is InChI=1S/C7H5BNO5/c10-7(14-8-11)5-2-1-3-6(4-5)9(12)13/h1-4,11H. The summed E-state index contributed by atoms with van der Waals surface area (Å²) in [5, 5.41) is 18.5. The predicted octanol–water partition coefficient (Wildman–Crippen LogP) is 0.278. The van der Waals surface area contributed by atoms with Gasteiger partial charge in [-0.1, -0.05) is 6.07 Å². The Morgan fingerprint density at radius 3 is 2.86 bits per heavy atom. The van der Waals surface area contributed by atoms with Crippen molar-refractivity contribution in [3.63, 3.8) is 0 Å². The summed E-state index contributed by atoms with van der Waals surface area (Å²) in [7, 11) is 0.223. The van der Waals surface area contributed by atoms with Crippen molar-refractivity contribution in [2.45, 2.75) is 0 Å². The second-order valence-electron chi connectivity index (χ2n) is 2.32. The van der Waals surface area contributed by atoms with E-state index >= 15 is 0 Å². The van der Waals surface area contributed by atoms with Gasteiger partial charge in [-0.3, -0.25) is 10.1 Å². The second kappa shape index (κ2) is 4.38. The van der Waals surface area contributed by atoms with Crippen LogP contribution in [0.25, 0.3) is 0 Å². The molecule has 0 saturated carbocycles. The highest BCUT2D eigenvalue weighted by atomic mass is 16.6. The van der Waals surface area contributed by atoms with E-state index in [1.54, 1.807) is 0 Å². The Bertz CT molecular complexity index is 367. The van der Waals surface area contributed by atoms with Crippen molar-refractivity contribution in [2.24, 2.45) is 0 Å². The van der Waals surface area contributed by atoms with Crippen LogP contribution in [0.3, 0.4) is 0 Å². The van der Waals surface area contributed by atoms with Gasteiger partial charge in [0.2, 0.25) is 0 Å². The van der Waals surface area contributed by atoms with Crippen molar-refractivity contribution in [1.29, 1.82) is 0 Å². The maximum atomic E-state index is 11.0. The Morgan fingerprint density at radius 1 is 1.57 bits per heavy atom. The monoisotopic (exact) mass is 194 g/mol. The van der Waals surface area contributed by atoms with E-state index in [1.165, 1.54) is 18.2 Å². The minimum absolute atomic E-state index is 0.00417. The zero-order chi connectivity index (χ0) is 10.6. The van der Waals surface area contributed by atoms with Crippen LogP contribution < -0.4 is 0 Å².